The minimum atomic E-state index is -0.776. The van der Waals surface area contributed by atoms with Crippen molar-refractivity contribution in [3.8, 4) is 0 Å². The normalized spacial score (nSPS) is 25.8. The summed E-state index contributed by atoms with van der Waals surface area (Å²) in [5, 5.41) is 13.3. The van der Waals surface area contributed by atoms with Gasteiger partial charge in [0.15, 0.2) is 0 Å². The first kappa shape index (κ1) is 17.1. The maximum atomic E-state index is 11.1. The van der Waals surface area contributed by atoms with Crippen molar-refractivity contribution >= 4 is 11.8 Å². The maximum Gasteiger partial charge on any atom is 0.407 e. The highest BCUT2D eigenvalue weighted by Gasteiger charge is 2.28. The Morgan fingerprint density at radius 1 is 1.18 bits per heavy atom. The lowest BCUT2D eigenvalue weighted by Gasteiger charge is -2.37. The van der Waals surface area contributed by atoms with Crippen LogP contribution in [-0.4, -0.2) is 65.5 Å². The summed E-state index contributed by atoms with van der Waals surface area (Å²) in [4.78, 5) is 20.3. The summed E-state index contributed by atoms with van der Waals surface area (Å²) in [6.07, 6.45) is 4.52. The van der Waals surface area contributed by atoms with E-state index in [4.69, 9.17) is 9.94 Å². The van der Waals surface area contributed by atoms with E-state index in [-0.39, 0.29) is 0 Å². The SMILES string of the molecule is CCO/N=C(\C)C1CCN(C2CCCN(C(=O)O)CC2)CC1. The van der Waals surface area contributed by atoms with Gasteiger partial charge in [0.1, 0.15) is 6.61 Å². The Morgan fingerprint density at radius 2 is 1.91 bits per heavy atom. The van der Waals surface area contributed by atoms with Crippen LogP contribution in [0.2, 0.25) is 0 Å². The Hall–Kier alpha value is -1.30. The molecule has 0 aromatic carbocycles. The fraction of sp³-hybridized carbons (Fsp3) is 0.875. The Bertz CT molecular complexity index is 392. The molecule has 2 aliphatic heterocycles. The van der Waals surface area contributed by atoms with Crippen molar-refractivity contribution in [3.63, 3.8) is 0 Å². The quantitative estimate of drug-likeness (QED) is 0.640. The zero-order chi connectivity index (χ0) is 15.9. The molecule has 1 unspecified atom stereocenters. The van der Waals surface area contributed by atoms with Crippen molar-refractivity contribution in [2.24, 2.45) is 11.1 Å². The highest BCUT2D eigenvalue weighted by atomic mass is 16.6. The summed E-state index contributed by atoms with van der Waals surface area (Å²) in [7, 11) is 0. The number of oxime groups is 1. The van der Waals surface area contributed by atoms with E-state index in [1.165, 1.54) is 0 Å². The molecule has 0 radical (unpaired) electrons. The Labute approximate surface area is 133 Å². The number of carboxylic acid groups (broad SMARTS) is 1. The van der Waals surface area contributed by atoms with E-state index in [1.807, 2.05) is 6.92 Å². The summed E-state index contributed by atoms with van der Waals surface area (Å²) in [6.45, 7) is 8.16. The fourth-order valence-corrected chi connectivity index (χ4v) is 3.56. The van der Waals surface area contributed by atoms with Crippen molar-refractivity contribution in [1.82, 2.24) is 9.80 Å². The minimum absolute atomic E-state index is 0.532. The average molecular weight is 311 g/mol. The number of hydrogen-bond donors (Lipinski definition) is 1. The highest BCUT2D eigenvalue weighted by Crippen LogP contribution is 2.25. The third-order valence-corrected chi connectivity index (χ3v) is 4.94. The average Bonchev–Trinajstić information content (AvgIpc) is 2.79. The van der Waals surface area contributed by atoms with Gasteiger partial charge in [0.25, 0.3) is 0 Å². The summed E-state index contributed by atoms with van der Waals surface area (Å²) >= 11 is 0. The first-order valence-electron chi connectivity index (χ1n) is 8.50. The highest BCUT2D eigenvalue weighted by molar-refractivity contribution is 5.83. The molecular weight excluding hydrogens is 282 g/mol. The van der Waals surface area contributed by atoms with E-state index >= 15 is 0 Å². The van der Waals surface area contributed by atoms with Gasteiger partial charge < -0.3 is 19.7 Å². The van der Waals surface area contributed by atoms with Crippen molar-refractivity contribution in [1.29, 1.82) is 0 Å². The van der Waals surface area contributed by atoms with Gasteiger partial charge in [-0.2, -0.15) is 0 Å². The molecule has 0 bridgehead atoms. The Balaban J connectivity index is 1.80. The number of nitrogens with zero attached hydrogens (tertiary/aromatic N) is 3. The van der Waals surface area contributed by atoms with Crippen LogP contribution in [0.3, 0.4) is 0 Å². The molecule has 6 nitrogen and oxygen atoms in total. The lowest BCUT2D eigenvalue weighted by atomic mass is 9.91. The first-order valence-corrected chi connectivity index (χ1v) is 8.50. The molecule has 2 rings (SSSR count). The molecule has 2 aliphatic rings. The van der Waals surface area contributed by atoms with E-state index in [0.29, 0.717) is 31.7 Å². The van der Waals surface area contributed by atoms with Crippen LogP contribution in [0.15, 0.2) is 5.16 Å². The fourth-order valence-electron chi connectivity index (χ4n) is 3.56. The van der Waals surface area contributed by atoms with Gasteiger partial charge in [-0.1, -0.05) is 5.16 Å². The predicted octanol–water partition coefficient (Wildman–Crippen LogP) is 2.64. The lowest BCUT2D eigenvalue weighted by molar-refractivity contribution is 0.126. The van der Waals surface area contributed by atoms with Gasteiger partial charge in [0.05, 0.1) is 5.71 Å². The van der Waals surface area contributed by atoms with E-state index in [2.05, 4.69) is 17.0 Å². The van der Waals surface area contributed by atoms with Gasteiger partial charge in [-0.3, -0.25) is 0 Å². The second kappa shape index (κ2) is 8.36. The molecule has 0 saturated carbocycles. The standard InChI is InChI=1S/C16H29N3O3/c1-3-22-17-13(2)14-6-10-18(11-7-14)15-5-4-9-19(12-8-15)16(20)21/h14-15H,3-12H2,1-2H3,(H,20,21)/b17-13+. The van der Waals surface area contributed by atoms with Crippen LogP contribution in [0.5, 0.6) is 0 Å². The van der Waals surface area contributed by atoms with Crippen molar-refractivity contribution < 1.29 is 14.7 Å². The van der Waals surface area contributed by atoms with Gasteiger partial charge in [-0.05, 0) is 59.0 Å². The number of likely N-dealkylation sites (tertiary alicyclic amines) is 2. The van der Waals surface area contributed by atoms with Gasteiger partial charge in [-0.25, -0.2) is 4.79 Å². The first-order chi connectivity index (χ1) is 10.6. The smallest absolute Gasteiger partial charge is 0.407 e. The molecule has 1 N–H and O–H groups in total. The molecular formula is C16H29N3O3. The zero-order valence-electron chi connectivity index (χ0n) is 13.8. The molecule has 1 atom stereocenters. The van der Waals surface area contributed by atoms with Gasteiger partial charge >= 0.3 is 6.09 Å². The third kappa shape index (κ3) is 4.60. The number of amides is 1. The summed E-state index contributed by atoms with van der Waals surface area (Å²) < 4.78 is 0. The molecule has 0 spiro atoms. The molecule has 2 fully saturated rings. The molecule has 1 amide bonds. The second-order valence-corrected chi connectivity index (χ2v) is 6.32. The molecule has 0 aliphatic carbocycles. The summed E-state index contributed by atoms with van der Waals surface area (Å²) in [5.41, 5.74) is 1.11. The van der Waals surface area contributed by atoms with Crippen molar-refractivity contribution in [2.75, 3.05) is 32.8 Å². The monoisotopic (exact) mass is 311 g/mol. The number of hydrogen-bond acceptors (Lipinski definition) is 4. The largest absolute Gasteiger partial charge is 0.465 e. The van der Waals surface area contributed by atoms with Crippen molar-refractivity contribution in [3.05, 3.63) is 0 Å². The molecule has 126 valence electrons. The van der Waals surface area contributed by atoms with Crippen LogP contribution < -0.4 is 0 Å². The van der Waals surface area contributed by atoms with Crippen LogP contribution in [-0.2, 0) is 4.84 Å². The molecule has 0 aromatic rings. The van der Waals surface area contributed by atoms with E-state index in [1.54, 1.807) is 4.90 Å². The Morgan fingerprint density at radius 3 is 2.55 bits per heavy atom. The van der Waals surface area contributed by atoms with E-state index in [0.717, 1.165) is 50.9 Å². The minimum Gasteiger partial charge on any atom is -0.465 e. The molecule has 6 heteroatoms. The molecule has 2 saturated heterocycles. The lowest BCUT2D eigenvalue weighted by Crippen LogP contribution is -2.43. The number of piperidine rings is 1. The Kier molecular flexibility index (Phi) is 6.49. The molecule has 2 heterocycles. The number of rotatable bonds is 4. The van der Waals surface area contributed by atoms with E-state index < -0.39 is 6.09 Å². The van der Waals surface area contributed by atoms with Crippen LogP contribution in [0.1, 0.15) is 46.0 Å². The van der Waals surface area contributed by atoms with Crippen LogP contribution in [0, 0.1) is 5.92 Å². The van der Waals surface area contributed by atoms with Crippen LogP contribution in [0.25, 0.3) is 0 Å². The van der Waals surface area contributed by atoms with Gasteiger partial charge in [-0.15, -0.1) is 0 Å². The summed E-state index contributed by atoms with van der Waals surface area (Å²) in [6, 6.07) is 0.537. The van der Waals surface area contributed by atoms with Crippen LogP contribution >= 0.6 is 0 Å². The third-order valence-electron chi connectivity index (χ3n) is 4.94. The predicted molar refractivity (Wildman–Crippen MR) is 86.3 cm³/mol. The number of carbonyl (C=O) groups is 1. The molecule has 0 aromatic heterocycles. The second-order valence-electron chi connectivity index (χ2n) is 6.32. The summed E-state index contributed by atoms with van der Waals surface area (Å²) in [5.74, 6) is 0.532. The maximum absolute atomic E-state index is 11.1. The van der Waals surface area contributed by atoms with E-state index in [9.17, 15) is 4.79 Å². The van der Waals surface area contributed by atoms with Crippen LogP contribution in [0.4, 0.5) is 4.79 Å². The zero-order valence-corrected chi connectivity index (χ0v) is 13.8. The van der Waals surface area contributed by atoms with Gasteiger partial charge in [0.2, 0.25) is 0 Å². The van der Waals surface area contributed by atoms with Crippen molar-refractivity contribution in [2.45, 2.75) is 52.0 Å². The molecule has 22 heavy (non-hydrogen) atoms. The van der Waals surface area contributed by atoms with Gasteiger partial charge in [0, 0.05) is 25.0 Å². The topological polar surface area (TPSA) is 65.4 Å².